The van der Waals surface area contributed by atoms with Crippen molar-refractivity contribution in [3.8, 4) is 12.3 Å². The molecule has 46 valence electrons. The molecule has 0 aliphatic carbocycles. The molecular formula is C7H6O2. The molecule has 0 aromatic heterocycles. The molecule has 2 nitrogen and oxygen atoms in total. The van der Waals surface area contributed by atoms with Crippen molar-refractivity contribution in [1.29, 1.82) is 0 Å². The molecule has 0 spiro atoms. The van der Waals surface area contributed by atoms with Gasteiger partial charge in [0.1, 0.15) is 0 Å². The number of hydrogen-bond donors (Lipinski definition) is 0. The van der Waals surface area contributed by atoms with Crippen molar-refractivity contribution >= 4 is 5.78 Å². The van der Waals surface area contributed by atoms with Gasteiger partial charge in [0, 0.05) is 6.08 Å². The van der Waals surface area contributed by atoms with Crippen molar-refractivity contribution in [2.24, 2.45) is 0 Å². The number of hydrogen-bond acceptors (Lipinski definition) is 2. The van der Waals surface area contributed by atoms with Crippen molar-refractivity contribution in [1.82, 2.24) is 0 Å². The lowest BCUT2D eigenvalue weighted by Crippen LogP contribution is -2.15. The largest absolute Gasteiger partial charge is 0.485 e. The number of carbonyl (C=O) groups excluding carboxylic acids is 1. The maximum absolute atomic E-state index is 10.6. The van der Waals surface area contributed by atoms with Gasteiger partial charge >= 0.3 is 0 Å². The second-order valence-corrected chi connectivity index (χ2v) is 1.76. The summed E-state index contributed by atoms with van der Waals surface area (Å²) in [5.74, 6) is 2.37. The Morgan fingerprint density at radius 1 is 1.89 bits per heavy atom. The van der Waals surface area contributed by atoms with Gasteiger partial charge in [-0.1, -0.05) is 5.92 Å². The highest BCUT2D eigenvalue weighted by Crippen LogP contribution is 2.04. The first kappa shape index (κ1) is 5.90. The number of allylic oxidation sites excluding steroid dienone is 1. The van der Waals surface area contributed by atoms with E-state index >= 15 is 0 Å². The highest BCUT2D eigenvalue weighted by atomic mass is 16.5. The first-order valence-corrected chi connectivity index (χ1v) is 2.64. The van der Waals surface area contributed by atoms with E-state index in [1.807, 2.05) is 0 Å². The monoisotopic (exact) mass is 122 g/mol. The Bertz CT molecular complexity index is 186. The third kappa shape index (κ3) is 1.33. The zero-order chi connectivity index (χ0) is 6.69. The van der Waals surface area contributed by atoms with Gasteiger partial charge in [-0.25, -0.2) is 0 Å². The van der Waals surface area contributed by atoms with Crippen LogP contribution in [0.25, 0.3) is 0 Å². The molecule has 1 aliphatic rings. The first-order chi connectivity index (χ1) is 4.33. The quantitative estimate of drug-likeness (QED) is 0.437. The molecule has 0 aromatic rings. The van der Waals surface area contributed by atoms with Crippen molar-refractivity contribution < 1.29 is 9.53 Å². The molecule has 0 aromatic carbocycles. The van der Waals surface area contributed by atoms with Crippen LogP contribution in [-0.2, 0) is 9.53 Å². The van der Waals surface area contributed by atoms with E-state index in [4.69, 9.17) is 11.2 Å². The normalized spacial score (nSPS) is 24.8. The van der Waals surface area contributed by atoms with E-state index in [1.165, 1.54) is 12.3 Å². The number of carbonyl (C=O) groups is 1. The summed E-state index contributed by atoms with van der Waals surface area (Å²) in [6, 6.07) is 0. The Kier molecular flexibility index (Phi) is 1.55. The lowest BCUT2D eigenvalue weighted by atomic mass is 10.1. The fourth-order valence-electron chi connectivity index (χ4n) is 0.607. The third-order valence-corrected chi connectivity index (χ3v) is 1.07. The molecule has 0 fully saturated rings. The lowest BCUT2D eigenvalue weighted by Gasteiger charge is -2.11. The van der Waals surface area contributed by atoms with E-state index in [0.29, 0.717) is 6.42 Å². The molecule has 1 rings (SSSR count). The fourth-order valence-corrected chi connectivity index (χ4v) is 0.607. The van der Waals surface area contributed by atoms with Crippen LogP contribution in [0.2, 0.25) is 0 Å². The van der Waals surface area contributed by atoms with Crippen LogP contribution in [0.4, 0.5) is 0 Å². The zero-order valence-corrected chi connectivity index (χ0v) is 4.83. The second kappa shape index (κ2) is 2.36. The van der Waals surface area contributed by atoms with E-state index in [0.717, 1.165) is 0 Å². The van der Waals surface area contributed by atoms with Gasteiger partial charge in [0.25, 0.3) is 0 Å². The average molecular weight is 122 g/mol. The molecule has 2 heteroatoms. The van der Waals surface area contributed by atoms with Crippen LogP contribution in [0.15, 0.2) is 12.3 Å². The van der Waals surface area contributed by atoms with Crippen LogP contribution in [-0.4, -0.2) is 11.9 Å². The minimum absolute atomic E-state index is 0.0317. The number of ketones is 1. The van der Waals surface area contributed by atoms with E-state index < -0.39 is 0 Å². The van der Waals surface area contributed by atoms with Crippen LogP contribution in [0.1, 0.15) is 6.42 Å². The van der Waals surface area contributed by atoms with Crippen molar-refractivity contribution in [2.75, 3.05) is 0 Å². The Morgan fingerprint density at radius 2 is 2.67 bits per heavy atom. The Morgan fingerprint density at radius 3 is 3.11 bits per heavy atom. The molecule has 0 N–H and O–H groups in total. The summed E-state index contributed by atoms with van der Waals surface area (Å²) in [7, 11) is 0. The predicted octanol–water partition coefficient (Wildman–Crippen LogP) is 0.491. The van der Waals surface area contributed by atoms with Crippen molar-refractivity contribution in [2.45, 2.75) is 12.5 Å². The molecular weight excluding hydrogens is 116 g/mol. The number of ether oxygens (including phenoxy) is 1. The Hall–Kier alpha value is -1.23. The molecule has 0 saturated carbocycles. The fraction of sp³-hybridized carbons (Fsp3) is 0.286. The highest BCUT2D eigenvalue weighted by Gasteiger charge is 2.12. The molecule has 1 atom stereocenters. The molecule has 0 saturated heterocycles. The van der Waals surface area contributed by atoms with Crippen LogP contribution in [0, 0.1) is 12.3 Å². The Labute approximate surface area is 53.5 Å². The Balaban J connectivity index is 2.60. The van der Waals surface area contributed by atoms with Crippen LogP contribution >= 0.6 is 0 Å². The zero-order valence-electron chi connectivity index (χ0n) is 4.83. The topological polar surface area (TPSA) is 26.3 Å². The van der Waals surface area contributed by atoms with Gasteiger partial charge in [-0.05, 0) is 0 Å². The van der Waals surface area contributed by atoms with Crippen LogP contribution in [0.3, 0.4) is 0 Å². The maximum atomic E-state index is 10.6. The van der Waals surface area contributed by atoms with Gasteiger partial charge in [0.2, 0.25) is 0 Å². The van der Waals surface area contributed by atoms with Gasteiger partial charge in [0.05, 0.1) is 12.7 Å². The average Bonchev–Trinajstić information content (AvgIpc) is 1.88. The molecule has 0 radical (unpaired) electrons. The second-order valence-electron chi connectivity index (χ2n) is 1.76. The smallest absolute Gasteiger partial charge is 0.165 e. The minimum atomic E-state index is -0.345. The van der Waals surface area contributed by atoms with E-state index in [9.17, 15) is 4.79 Å². The van der Waals surface area contributed by atoms with Crippen LogP contribution < -0.4 is 0 Å². The molecule has 0 bridgehead atoms. The first-order valence-electron chi connectivity index (χ1n) is 2.64. The number of rotatable bonds is 0. The molecule has 1 heterocycles. The summed E-state index contributed by atoms with van der Waals surface area (Å²) in [5, 5.41) is 0. The maximum Gasteiger partial charge on any atom is 0.165 e. The third-order valence-electron chi connectivity index (χ3n) is 1.07. The van der Waals surface area contributed by atoms with E-state index in [2.05, 4.69) is 5.92 Å². The van der Waals surface area contributed by atoms with Gasteiger partial charge < -0.3 is 4.74 Å². The summed E-state index contributed by atoms with van der Waals surface area (Å²) in [6.07, 6.45) is 7.70. The molecule has 1 unspecified atom stereocenters. The number of terminal acetylenes is 1. The van der Waals surface area contributed by atoms with Crippen molar-refractivity contribution in [3.63, 3.8) is 0 Å². The van der Waals surface area contributed by atoms with Crippen LogP contribution in [0.5, 0.6) is 0 Å². The van der Waals surface area contributed by atoms with E-state index in [1.54, 1.807) is 0 Å². The van der Waals surface area contributed by atoms with Gasteiger partial charge in [-0.15, -0.1) is 6.42 Å². The summed E-state index contributed by atoms with van der Waals surface area (Å²) >= 11 is 0. The molecule has 0 amide bonds. The SMILES string of the molecule is C#CC1CC(=O)C=CO1. The summed E-state index contributed by atoms with van der Waals surface area (Å²) < 4.78 is 4.86. The standard InChI is InChI=1S/C7H6O2/c1-2-7-5-6(8)3-4-9-7/h1,3-4,7H,5H2. The van der Waals surface area contributed by atoms with Gasteiger partial charge in [-0.2, -0.15) is 0 Å². The van der Waals surface area contributed by atoms with Gasteiger partial charge in [-0.3, -0.25) is 4.79 Å². The van der Waals surface area contributed by atoms with Gasteiger partial charge in [0.15, 0.2) is 11.9 Å². The minimum Gasteiger partial charge on any atom is -0.485 e. The predicted molar refractivity (Wildman–Crippen MR) is 32.5 cm³/mol. The summed E-state index contributed by atoms with van der Waals surface area (Å²) in [4.78, 5) is 10.6. The van der Waals surface area contributed by atoms with Crippen molar-refractivity contribution in [3.05, 3.63) is 12.3 Å². The highest BCUT2D eigenvalue weighted by molar-refractivity contribution is 5.90. The molecule has 9 heavy (non-hydrogen) atoms. The molecule has 1 aliphatic heterocycles. The lowest BCUT2D eigenvalue weighted by molar-refractivity contribution is -0.117. The summed E-state index contributed by atoms with van der Waals surface area (Å²) in [6.45, 7) is 0. The summed E-state index contributed by atoms with van der Waals surface area (Å²) in [5.41, 5.74) is 0. The van der Waals surface area contributed by atoms with E-state index in [-0.39, 0.29) is 11.9 Å².